The number of nitrogens with one attached hydrogen (secondary N) is 1. The first-order valence-corrected chi connectivity index (χ1v) is 13.0. The predicted molar refractivity (Wildman–Crippen MR) is 134 cm³/mol. The Morgan fingerprint density at radius 2 is 1.94 bits per heavy atom. The molecule has 172 valence electrons. The molecule has 2 aromatic heterocycles. The van der Waals surface area contributed by atoms with Crippen LogP contribution in [0, 0.1) is 39.0 Å². The summed E-state index contributed by atoms with van der Waals surface area (Å²) in [6.07, 6.45) is 4.36. The van der Waals surface area contributed by atoms with Gasteiger partial charge in [-0.15, -0.1) is 11.3 Å². The predicted octanol–water partition coefficient (Wildman–Crippen LogP) is 5.12. The molecule has 8 heteroatoms. The molecule has 1 fully saturated rings. The number of carbonyl (C=O) groups excluding carboxylic acids is 1. The normalized spacial score (nSPS) is 15.4. The van der Waals surface area contributed by atoms with E-state index in [1.165, 1.54) is 23.1 Å². The van der Waals surface area contributed by atoms with Gasteiger partial charge in [-0.3, -0.25) is 14.2 Å². The fourth-order valence-electron chi connectivity index (χ4n) is 4.42. The number of nitriles is 1. The lowest BCUT2D eigenvalue weighted by molar-refractivity contribution is -0.120. The van der Waals surface area contributed by atoms with Crippen molar-refractivity contribution < 1.29 is 4.79 Å². The van der Waals surface area contributed by atoms with Gasteiger partial charge in [0.15, 0.2) is 5.16 Å². The second kappa shape index (κ2) is 9.32. The van der Waals surface area contributed by atoms with Gasteiger partial charge in [0.05, 0.1) is 22.9 Å². The van der Waals surface area contributed by atoms with E-state index in [0.29, 0.717) is 28.2 Å². The van der Waals surface area contributed by atoms with E-state index in [9.17, 15) is 14.9 Å². The molecule has 0 radical (unpaired) electrons. The molecule has 1 aliphatic carbocycles. The number of hydrogen-bond donors (Lipinski definition) is 1. The molecular formula is C25H28N4O2S2. The summed E-state index contributed by atoms with van der Waals surface area (Å²) in [5, 5.41) is 13.8. The first-order chi connectivity index (χ1) is 15.8. The van der Waals surface area contributed by atoms with Crippen molar-refractivity contribution in [2.24, 2.45) is 0 Å². The average Bonchev–Trinajstić information content (AvgIpc) is 3.09. The Kier molecular flexibility index (Phi) is 6.64. The number of hydrogen-bond acceptors (Lipinski definition) is 6. The third-order valence-corrected chi connectivity index (χ3v) is 8.66. The summed E-state index contributed by atoms with van der Waals surface area (Å²) in [5.41, 5.74) is 2.93. The molecule has 33 heavy (non-hydrogen) atoms. The fourth-order valence-corrected chi connectivity index (χ4v) is 6.29. The van der Waals surface area contributed by atoms with Crippen LogP contribution in [0.5, 0.6) is 0 Å². The Bertz CT molecular complexity index is 1330. The van der Waals surface area contributed by atoms with Gasteiger partial charge >= 0.3 is 0 Å². The van der Waals surface area contributed by atoms with Gasteiger partial charge in [-0.05, 0) is 63.3 Å². The zero-order chi connectivity index (χ0) is 23.8. The van der Waals surface area contributed by atoms with Crippen molar-refractivity contribution in [1.82, 2.24) is 14.9 Å². The average molecular weight is 481 g/mol. The summed E-state index contributed by atoms with van der Waals surface area (Å²) in [7, 11) is 0. The molecule has 4 rings (SSSR count). The third kappa shape index (κ3) is 4.44. The van der Waals surface area contributed by atoms with E-state index in [1.54, 1.807) is 4.57 Å². The van der Waals surface area contributed by atoms with E-state index in [1.807, 2.05) is 45.9 Å². The standard InChI is InChI=1S/C25H28N4O2S2/c1-15-9-8-10-19(16(15)2)29-23(31)21-17(3)18(4)33-22(21)27-24(29)32-13-20(30)28-25(14-26)11-6-5-7-12-25/h8-10H,5-7,11-13H2,1-4H3,(H,28,30). The topological polar surface area (TPSA) is 87.8 Å². The lowest BCUT2D eigenvalue weighted by atomic mass is 9.83. The van der Waals surface area contributed by atoms with Crippen LogP contribution in [0.3, 0.4) is 0 Å². The Hall–Kier alpha value is -2.63. The van der Waals surface area contributed by atoms with Gasteiger partial charge in [-0.1, -0.05) is 43.2 Å². The highest BCUT2D eigenvalue weighted by atomic mass is 32.2. The van der Waals surface area contributed by atoms with E-state index in [4.69, 9.17) is 4.98 Å². The number of fused-ring (bicyclic) bond motifs is 1. The minimum absolute atomic E-state index is 0.0928. The van der Waals surface area contributed by atoms with Crippen LogP contribution in [0.15, 0.2) is 28.2 Å². The van der Waals surface area contributed by atoms with Gasteiger partial charge < -0.3 is 5.32 Å². The summed E-state index contributed by atoms with van der Waals surface area (Å²) in [6.45, 7) is 7.96. The van der Waals surface area contributed by atoms with Gasteiger partial charge in [0.2, 0.25) is 5.91 Å². The van der Waals surface area contributed by atoms with Crippen molar-refractivity contribution in [2.45, 2.75) is 70.5 Å². The Labute approximate surface area is 202 Å². The molecule has 1 amide bonds. The number of aromatic nitrogens is 2. The maximum Gasteiger partial charge on any atom is 0.267 e. The van der Waals surface area contributed by atoms with Crippen LogP contribution in [0.2, 0.25) is 0 Å². The van der Waals surface area contributed by atoms with Gasteiger partial charge in [0.25, 0.3) is 5.56 Å². The van der Waals surface area contributed by atoms with Crippen molar-refractivity contribution in [1.29, 1.82) is 5.26 Å². The van der Waals surface area contributed by atoms with Gasteiger partial charge in [0.1, 0.15) is 10.4 Å². The van der Waals surface area contributed by atoms with Crippen LogP contribution in [0.25, 0.3) is 15.9 Å². The lowest BCUT2D eigenvalue weighted by Crippen LogP contribution is -2.49. The molecule has 1 N–H and O–H groups in total. The number of benzene rings is 1. The lowest BCUT2D eigenvalue weighted by Gasteiger charge is -2.31. The summed E-state index contributed by atoms with van der Waals surface area (Å²) in [5.74, 6) is -0.112. The van der Waals surface area contributed by atoms with E-state index in [0.717, 1.165) is 46.5 Å². The number of rotatable bonds is 5. The molecule has 0 unspecified atom stereocenters. The van der Waals surface area contributed by atoms with Crippen LogP contribution in [0.1, 0.15) is 53.7 Å². The number of thiophene rings is 1. The van der Waals surface area contributed by atoms with Gasteiger partial charge in [-0.2, -0.15) is 5.26 Å². The quantitative estimate of drug-likeness (QED) is 0.405. The molecule has 0 atom stereocenters. The SMILES string of the molecule is Cc1cccc(-n2c(SCC(=O)NC3(C#N)CCCCC3)nc3sc(C)c(C)c3c2=O)c1C. The van der Waals surface area contributed by atoms with Crippen LogP contribution >= 0.6 is 23.1 Å². The van der Waals surface area contributed by atoms with Crippen LogP contribution in [-0.2, 0) is 4.79 Å². The number of nitrogens with zero attached hydrogens (tertiary/aromatic N) is 3. The molecule has 0 saturated heterocycles. The van der Waals surface area contributed by atoms with Gasteiger partial charge in [0, 0.05) is 4.88 Å². The van der Waals surface area contributed by atoms with Crippen LogP contribution < -0.4 is 10.9 Å². The summed E-state index contributed by atoms with van der Waals surface area (Å²) < 4.78 is 1.64. The Balaban J connectivity index is 1.72. The van der Waals surface area contributed by atoms with E-state index in [-0.39, 0.29) is 17.2 Å². The van der Waals surface area contributed by atoms with Crippen LogP contribution in [0.4, 0.5) is 0 Å². The molecule has 1 aliphatic rings. The number of carbonyl (C=O) groups is 1. The van der Waals surface area contributed by atoms with Crippen molar-refractivity contribution in [3.63, 3.8) is 0 Å². The highest BCUT2D eigenvalue weighted by molar-refractivity contribution is 7.99. The maximum absolute atomic E-state index is 13.7. The summed E-state index contributed by atoms with van der Waals surface area (Å²) in [4.78, 5) is 33.1. The van der Waals surface area contributed by atoms with E-state index >= 15 is 0 Å². The fraction of sp³-hybridized carbons (Fsp3) is 0.440. The zero-order valence-corrected chi connectivity index (χ0v) is 21.1. The Morgan fingerprint density at radius 3 is 2.64 bits per heavy atom. The maximum atomic E-state index is 13.7. The number of aryl methyl sites for hydroxylation is 3. The van der Waals surface area contributed by atoms with E-state index < -0.39 is 5.54 Å². The van der Waals surface area contributed by atoms with Crippen molar-refractivity contribution >= 4 is 39.2 Å². The Morgan fingerprint density at radius 1 is 1.21 bits per heavy atom. The minimum atomic E-state index is -0.776. The van der Waals surface area contributed by atoms with Gasteiger partial charge in [-0.25, -0.2) is 4.98 Å². The highest BCUT2D eigenvalue weighted by Crippen LogP contribution is 2.31. The molecule has 3 aromatic rings. The molecule has 0 aliphatic heterocycles. The van der Waals surface area contributed by atoms with Crippen LogP contribution in [-0.4, -0.2) is 26.8 Å². The second-order valence-electron chi connectivity index (χ2n) is 8.81. The van der Waals surface area contributed by atoms with Crippen molar-refractivity contribution in [3.05, 3.63) is 50.1 Å². The van der Waals surface area contributed by atoms with Crippen molar-refractivity contribution in [3.8, 4) is 11.8 Å². The minimum Gasteiger partial charge on any atom is -0.337 e. The van der Waals surface area contributed by atoms with E-state index in [2.05, 4.69) is 11.4 Å². The summed E-state index contributed by atoms with van der Waals surface area (Å²) in [6, 6.07) is 8.20. The first kappa shape index (κ1) is 23.5. The molecular weight excluding hydrogens is 452 g/mol. The third-order valence-electron chi connectivity index (χ3n) is 6.62. The first-order valence-electron chi connectivity index (χ1n) is 11.2. The summed E-state index contributed by atoms with van der Waals surface area (Å²) >= 11 is 2.75. The highest BCUT2D eigenvalue weighted by Gasteiger charge is 2.33. The molecule has 1 saturated carbocycles. The number of amides is 1. The molecule has 1 aromatic carbocycles. The monoisotopic (exact) mass is 480 g/mol. The zero-order valence-electron chi connectivity index (χ0n) is 19.4. The largest absolute Gasteiger partial charge is 0.337 e. The second-order valence-corrected chi connectivity index (χ2v) is 11.0. The molecule has 2 heterocycles. The molecule has 6 nitrogen and oxygen atoms in total. The number of thioether (sulfide) groups is 1. The molecule has 0 bridgehead atoms. The molecule has 0 spiro atoms. The van der Waals surface area contributed by atoms with Crippen molar-refractivity contribution in [2.75, 3.05) is 5.75 Å². The smallest absolute Gasteiger partial charge is 0.267 e.